The third-order valence-electron chi connectivity index (χ3n) is 6.66. The van der Waals surface area contributed by atoms with Crippen LogP contribution in [0.2, 0.25) is 0 Å². The molecule has 3 aromatic carbocycles. The first-order chi connectivity index (χ1) is 18.0. The molecule has 0 radical (unpaired) electrons. The van der Waals surface area contributed by atoms with Crippen LogP contribution in [0.1, 0.15) is 30.1 Å². The fourth-order valence-corrected chi connectivity index (χ4v) is 4.51. The van der Waals surface area contributed by atoms with Gasteiger partial charge in [0, 0.05) is 38.3 Å². The molecule has 0 aromatic heterocycles. The van der Waals surface area contributed by atoms with E-state index in [2.05, 4.69) is 27.2 Å². The van der Waals surface area contributed by atoms with Crippen LogP contribution in [0.25, 0.3) is 11.1 Å². The van der Waals surface area contributed by atoms with Gasteiger partial charge >= 0.3 is 6.09 Å². The maximum absolute atomic E-state index is 12.2. The van der Waals surface area contributed by atoms with E-state index in [9.17, 15) is 9.59 Å². The highest BCUT2D eigenvalue weighted by atomic mass is 16.6. The minimum absolute atomic E-state index is 0.0457. The lowest BCUT2D eigenvalue weighted by molar-refractivity contribution is 0.101. The number of carbonyl (C=O) groups excluding carboxylic acids is 2. The SMILES string of the molecule is COc1ccccc1N1CCN(CCCCNC(=O)Oc2ccc(-c3ccc(C(C)=O)cc3)cc2)CC1. The molecule has 1 fully saturated rings. The molecule has 1 amide bonds. The molecular weight excluding hydrogens is 466 g/mol. The highest BCUT2D eigenvalue weighted by Gasteiger charge is 2.19. The number of amides is 1. The van der Waals surface area contributed by atoms with Gasteiger partial charge < -0.3 is 19.7 Å². The average Bonchev–Trinajstić information content (AvgIpc) is 2.93. The van der Waals surface area contributed by atoms with Crippen molar-refractivity contribution >= 4 is 17.6 Å². The molecule has 37 heavy (non-hydrogen) atoms. The monoisotopic (exact) mass is 501 g/mol. The summed E-state index contributed by atoms with van der Waals surface area (Å²) in [6.07, 6.45) is 1.48. The van der Waals surface area contributed by atoms with E-state index in [1.165, 1.54) is 0 Å². The van der Waals surface area contributed by atoms with Crippen molar-refractivity contribution in [2.24, 2.45) is 0 Å². The number of anilines is 1. The number of methoxy groups -OCH3 is 1. The predicted molar refractivity (Wildman–Crippen MR) is 147 cm³/mol. The molecule has 4 rings (SSSR count). The molecule has 0 saturated carbocycles. The lowest BCUT2D eigenvalue weighted by atomic mass is 10.0. The fraction of sp³-hybridized carbons (Fsp3) is 0.333. The second-order valence-corrected chi connectivity index (χ2v) is 9.18. The highest BCUT2D eigenvalue weighted by molar-refractivity contribution is 5.94. The second kappa shape index (κ2) is 12.9. The molecule has 194 valence electrons. The van der Waals surface area contributed by atoms with Gasteiger partial charge in [0.05, 0.1) is 12.8 Å². The summed E-state index contributed by atoms with van der Waals surface area (Å²) in [5, 5.41) is 2.84. The number of piperazine rings is 1. The van der Waals surface area contributed by atoms with Gasteiger partial charge in [-0.3, -0.25) is 9.69 Å². The zero-order chi connectivity index (χ0) is 26.0. The first-order valence-electron chi connectivity index (χ1n) is 12.8. The Morgan fingerprint density at radius 2 is 1.49 bits per heavy atom. The summed E-state index contributed by atoms with van der Waals surface area (Å²) in [5.74, 6) is 1.46. The Kier molecular flexibility index (Phi) is 9.16. The number of hydrogen-bond acceptors (Lipinski definition) is 6. The molecule has 0 unspecified atom stereocenters. The van der Waals surface area contributed by atoms with E-state index in [4.69, 9.17) is 9.47 Å². The van der Waals surface area contributed by atoms with Gasteiger partial charge in [0.1, 0.15) is 11.5 Å². The smallest absolute Gasteiger partial charge is 0.412 e. The Bertz CT molecular complexity index is 1170. The van der Waals surface area contributed by atoms with Crippen LogP contribution in [-0.4, -0.2) is 63.2 Å². The van der Waals surface area contributed by atoms with Gasteiger partial charge in [0.15, 0.2) is 5.78 Å². The molecule has 0 aliphatic carbocycles. The maximum atomic E-state index is 12.2. The summed E-state index contributed by atoms with van der Waals surface area (Å²) in [4.78, 5) is 28.5. The Labute approximate surface area is 219 Å². The summed E-state index contributed by atoms with van der Waals surface area (Å²) in [7, 11) is 1.72. The summed E-state index contributed by atoms with van der Waals surface area (Å²) < 4.78 is 10.9. The first kappa shape index (κ1) is 26.2. The molecule has 0 atom stereocenters. The molecule has 0 spiro atoms. The van der Waals surface area contributed by atoms with E-state index >= 15 is 0 Å². The molecule has 7 heteroatoms. The predicted octanol–water partition coefficient (Wildman–Crippen LogP) is 5.26. The third-order valence-corrected chi connectivity index (χ3v) is 6.66. The summed E-state index contributed by atoms with van der Waals surface area (Å²) in [6, 6.07) is 23.0. The molecule has 3 aromatic rings. The van der Waals surface area contributed by atoms with Crippen molar-refractivity contribution in [3.05, 3.63) is 78.4 Å². The van der Waals surface area contributed by atoms with E-state index in [-0.39, 0.29) is 5.78 Å². The number of unbranched alkanes of at least 4 members (excludes halogenated alkanes) is 1. The van der Waals surface area contributed by atoms with E-state index in [1.807, 2.05) is 48.5 Å². The van der Waals surface area contributed by atoms with Crippen LogP contribution < -0.4 is 19.7 Å². The van der Waals surface area contributed by atoms with E-state index in [0.29, 0.717) is 17.9 Å². The van der Waals surface area contributed by atoms with Crippen molar-refractivity contribution in [1.82, 2.24) is 10.2 Å². The Balaban J connectivity index is 1.12. The molecule has 0 bridgehead atoms. The summed E-state index contributed by atoms with van der Waals surface area (Å²) in [6.45, 7) is 7.15. The van der Waals surface area contributed by atoms with Crippen LogP contribution in [0.4, 0.5) is 10.5 Å². The van der Waals surface area contributed by atoms with Crippen LogP contribution in [0.5, 0.6) is 11.5 Å². The number of rotatable bonds is 10. The van der Waals surface area contributed by atoms with Crippen LogP contribution in [-0.2, 0) is 0 Å². The number of hydrogen-bond donors (Lipinski definition) is 1. The van der Waals surface area contributed by atoms with Crippen molar-refractivity contribution in [2.75, 3.05) is 51.3 Å². The third kappa shape index (κ3) is 7.33. The zero-order valence-corrected chi connectivity index (χ0v) is 21.6. The Hall–Kier alpha value is -3.84. The Morgan fingerprint density at radius 3 is 2.14 bits per heavy atom. The van der Waals surface area contributed by atoms with Crippen molar-refractivity contribution in [1.29, 1.82) is 0 Å². The van der Waals surface area contributed by atoms with Gasteiger partial charge in [0.2, 0.25) is 0 Å². The van der Waals surface area contributed by atoms with Gasteiger partial charge in [-0.05, 0) is 61.7 Å². The van der Waals surface area contributed by atoms with Crippen molar-refractivity contribution < 1.29 is 19.1 Å². The maximum Gasteiger partial charge on any atom is 0.412 e. The molecule has 1 N–H and O–H groups in total. The molecule has 1 saturated heterocycles. The molecule has 1 heterocycles. The van der Waals surface area contributed by atoms with Gasteiger partial charge in [-0.1, -0.05) is 48.5 Å². The van der Waals surface area contributed by atoms with Crippen molar-refractivity contribution in [3.8, 4) is 22.6 Å². The lowest BCUT2D eigenvalue weighted by Crippen LogP contribution is -2.46. The number of nitrogens with zero attached hydrogens (tertiary/aromatic N) is 2. The zero-order valence-electron chi connectivity index (χ0n) is 21.6. The van der Waals surface area contributed by atoms with Crippen molar-refractivity contribution in [2.45, 2.75) is 19.8 Å². The number of nitrogens with one attached hydrogen (secondary N) is 1. The van der Waals surface area contributed by atoms with Crippen LogP contribution in [0.3, 0.4) is 0 Å². The molecular formula is C30H35N3O4. The molecule has 1 aliphatic rings. The first-order valence-corrected chi connectivity index (χ1v) is 12.8. The number of ether oxygens (including phenoxy) is 2. The van der Waals surface area contributed by atoms with Gasteiger partial charge in [-0.25, -0.2) is 4.79 Å². The number of Topliss-reactive ketones (excluding diaryl/α,β-unsaturated/α-hetero) is 1. The molecule has 1 aliphatic heterocycles. The topological polar surface area (TPSA) is 71.1 Å². The molecule has 7 nitrogen and oxygen atoms in total. The quantitative estimate of drug-likeness (QED) is 0.302. The summed E-state index contributed by atoms with van der Waals surface area (Å²) >= 11 is 0. The largest absolute Gasteiger partial charge is 0.495 e. The normalized spacial score (nSPS) is 13.7. The van der Waals surface area contributed by atoms with Crippen LogP contribution >= 0.6 is 0 Å². The van der Waals surface area contributed by atoms with Gasteiger partial charge in [-0.15, -0.1) is 0 Å². The second-order valence-electron chi connectivity index (χ2n) is 9.18. The van der Waals surface area contributed by atoms with E-state index in [0.717, 1.165) is 68.1 Å². The van der Waals surface area contributed by atoms with Crippen LogP contribution in [0.15, 0.2) is 72.8 Å². The van der Waals surface area contributed by atoms with E-state index < -0.39 is 6.09 Å². The lowest BCUT2D eigenvalue weighted by Gasteiger charge is -2.36. The van der Waals surface area contributed by atoms with E-state index in [1.54, 1.807) is 26.2 Å². The highest BCUT2D eigenvalue weighted by Crippen LogP contribution is 2.28. The standard InChI is InChI=1S/C30H35N3O4/c1-23(34)24-9-11-25(12-10-24)26-13-15-27(16-14-26)37-30(35)31-17-5-6-18-32-19-21-33(22-20-32)28-7-3-4-8-29(28)36-2/h3-4,7-16H,5-6,17-22H2,1-2H3,(H,31,35). The summed E-state index contributed by atoms with van der Waals surface area (Å²) in [5.41, 5.74) is 3.84. The minimum atomic E-state index is -0.441. The number of carbonyl (C=O) groups is 2. The average molecular weight is 502 g/mol. The fourth-order valence-electron chi connectivity index (χ4n) is 4.51. The minimum Gasteiger partial charge on any atom is -0.495 e. The van der Waals surface area contributed by atoms with Gasteiger partial charge in [0.25, 0.3) is 0 Å². The Morgan fingerprint density at radius 1 is 0.838 bits per heavy atom. The number of ketones is 1. The van der Waals surface area contributed by atoms with Gasteiger partial charge in [-0.2, -0.15) is 0 Å². The number of para-hydroxylation sites is 2. The number of benzene rings is 3. The van der Waals surface area contributed by atoms with Crippen LogP contribution in [0, 0.1) is 0 Å². The van der Waals surface area contributed by atoms with Crippen molar-refractivity contribution in [3.63, 3.8) is 0 Å².